The standard InChI is InChI=1S/C17H21F3N6O/c18-17(19,20)12-3-1-11(2-4-12)13(9-21)25-5-7-26(8-6-25)16-14(27)15(22)23-10-24-16/h1-4,10,13,27H,5-9,21H2,(H2,22,23,24). The van der Waals surface area contributed by atoms with Gasteiger partial charge in [-0.05, 0) is 17.7 Å². The van der Waals surface area contributed by atoms with Gasteiger partial charge in [0.25, 0.3) is 0 Å². The van der Waals surface area contributed by atoms with E-state index in [2.05, 4.69) is 14.9 Å². The van der Waals surface area contributed by atoms with Gasteiger partial charge in [-0.2, -0.15) is 13.2 Å². The average molecular weight is 382 g/mol. The minimum Gasteiger partial charge on any atom is -0.502 e. The molecular weight excluding hydrogens is 361 g/mol. The van der Waals surface area contributed by atoms with Crippen molar-refractivity contribution in [3.8, 4) is 5.75 Å². The fourth-order valence-corrected chi connectivity index (χ4v) is 3.25. The molecule has 7 nitrogen and oxygen atoms in total. The first-order chi connectivity index (χ1) is 12.8. The molecule has 2 heterocycles. The summed E-state index contributed by atoms with van der Waals surface area (Å²) in [5, 5.41) is 10.0. The van der Waals surface area contributed by atoms with Gasteiger partial charge in [0.2, 0.25) is 5.75 Å². The molecule has 2 aromatic rings. The fraction of sp³-hybridized carbons (Fsp3) is 0.412. The number of hydrogen-bond acceptors (Lipinski definition) is 7. The Morgan fingerprint density at radius 1 is 1.07 bits per heavy atom. The third kappa shape index (κ3) is 4.06. The second-order valence-electron chi connectivity index (χ2n) is 6.33. The van der Waals surface area contributed by atoms with Crippen molar-refractivity contribution in [3.63, 3.8) is 0 Å². The molecule has 1 aromatic heterocycles. The van der Waals surface area contributed by atoms with E-state index in [0.717, 1.165) is 17.7 Å². The summed E-state index contributed by atoms with van der Waals surface area (Å²) >= 11 is 0. The lowest BCUT2D eigenvalue weighted by Gasteiger charge is -2.39. The Balaban J connectivity index is 1.69. The van der Waals surface area contributed by atoms with Gasteiger partial charge >= 0.3 is 6.18 Å². The summed E-state index contributed by atoms with van der Waals surface area (Å²) in [5.41, 5.74) is 11.6. The molecule has 0 bridgehead atoms. The van der Waals surface area contributed by atoms with Crippen molar-refractivity contribution in [3.05, 3.63) is 41.7 Å². The second kappa shape index (κ2) is 7.57. The van der Waals surface area contributed by atoms with E-state index in [1.807, 2.05) is 4.90 Å². The number of anilines is 2. The van der Waals surface area contributed by atoms with Crippen LogP contribution in [0.1, 0.15) is 17.2 Å². The predicted octanol–water partition coefficient (Wildman–Crippen LogP) is 1.61. The fourth-order valence-electron chi connectivity index (χ4n) is 3.25. The Kier molecular flexibility index (Phi) is 5.38. The number of rotatable bonds is 4. The van der Waals surface area contributed by atoms with Crippen molar-refractivity contribution in [2.45, 2.75) is 12.2 Å². The number of nitrogens with zero attached hydrogens (tertiary/aromatic N) is 4. The summed E-state index contributed by atoms with van der Waals surface area (Å²) in [4.78, 5) is 11.8. The predicted molar refractivity (Wildman–Crippen MR) is 95.1 cm³/mol. The minimum atomic E-state index is -4.36. The number of aromatic hydroxyl groups is 1. The van der Waals surface area contributed by atoms with Gasteiger partial charge in [0.1, 0.15) is 6.33 Å². The van der Waals surface area contributed by atoms with Gasteiger partial charge in [-0.1, -0.05) is 12.1 Å². The zero-order valence-electron chi connectivity index (χ0n) is 14.5. The lowest BCUT2D eigenvalue weighted by atomic mass is 10.0. The molecule has 1 fully saturated rings. The van der Waals surface area contributed by atoms with Crippen LogP contribution in [0.3, 0.4) is 0 Å². The van der Waals surface area contributed by atoms with Crippen LogP contribution < -0.4 is 16.4 Å². The van der Waals surface area contributed by atoms with E-state index < -0.39 is 11.7 Å². The summed E-state index contributed by atoms with van der Waals surface area (Å²) in [6.45, 7) is 2.66. The van der Waals surface area contributed by atoms with Crippen molar-refractivity contribution in [2.75, 3.05) is 43.4 Å². The van der Waals surface area contributed by atoms with E-state index in [1.54, 1.807) is 0 Å². The zero-order valence-corrected chi connectivity index (χ0v) is 14.5. The average Bonchev–Trinajstić information content (AvgIpc) is 2.65. The van der Waals surface area contributed by atoms with E-state index >= 15 is 0 Å². The minimum absolute atomic E-state index is 0.0204. The number of nitrogen functional groups attached to an aromatic ring is 1. The molecular formula is C17H21F3N6O. The quantitative estimate of drug-likeness (QED) is 0.738. The van der Waals surface area contributed by atoms with Crippen molar-refractivity contribution < 1.29 is 18.3 Å². The molecule has 3 rings (SSSR count). The van der Waals surface area contributed by atoms with Crippen LogP contribution in [0.5, 0.6) is 5.75 Å². The highest BCUT2D eigenvalue weighted by Crippen LogP contribution is 2.32. The molecule has 5 N–H and O–H groups in total. The smallest absolute Gasteiger partial charge is 0.416 e. The van der Waals surface area contributed by atoms with Crippen molar-refractivity contribution in [1.82, 2.24) is 14.9 Å². The van der Waals surface area contributed by atoms with E-state index in [9.17, 15) is 18.3 Å². The first-order valence-electron chi connectivity index (χ1n) is 8.47. The molecule has 0 amide bonds. The number of piperazine rings is 1. The van der Waals surface area contributed by atoms with E-state index in [4.69, 9.17) is 11.5 Å². The molecule has 27 heavy (non-hydrogen) atoms. The SMILES string of the molecule is NCC(c1ccc(C(F)(F)F)cc1)N1CCN(c2ncnc(N)c2O)CC1. The van der Waals surface area contributed by atoms with Gasteiger partial charge in [-0.15, -0.1) is 0 Å². The van der Waals surface area contributed by atoms with Crippen LogP contribution in [0.15, 0.2) is 30.6 Å². The van der Waals surface area contributed by atoms with Gasteiger partial charge in [-0.3, -0.25) is 4.90 Å². The Morgan fingerprint density at radius 3 is 2.26 bits per heavy atom. The molecule has 0 spiro atoms. The maximum Gasteiger partial charge on any atom is 0.416 e. The highest BCUT2D eigenvalue weighted by molar-refractivity contribution is 5.61. The number of aromatic nitrogens is 2. The molecule has 1 saturated heterocycles. The van der Waals surface area contributed by atoms with Crippen molar-refractivity contribution in [2.24, 2.45) is 5.73 Å². The molecule has 0 saturated carbocycles. The maximum absolute atomic E-state index is 12.7. The summed E-state index contributed by atoms with van der Waals surface area (Å²) in [5.74, 6) is 0.247. The Hall–Kier alpha value is -2.59. The maximum atomic E-state index is 12.7. The summed E-state index contributed by atoms with van der Waals surface area (Å²) in [6, 6.07) is 4.93. The normalized spacial score (nSPS) is 17.1. The number of alkyl halides is 3. The number of benzene rings is 1. The Bertz CT molecular complexity index is 775. The van der Waals surface area contributed by atoms with Crippen LogP contribution in [0.4, 0.5) is 24.8 Å². The largest absolute Gasteiger partial charge is 0.502 e. The van der Waals surface area contributed by atoms with E-state index in [0.29, 0.717) is 32.0 Å². The van der Waals surface area contributed by atoms with Gasteiger partial charge in [0, 0.05) is 38.8 Å². The van der Waals surface area contributed by atoms with E-state index in [-0.39, 0.29) is 24.2 Å². The lowest BCUT2D eigenvalue weighted by Crippen LogP contribution is -2.49. The third-order valence-corrected chi connectivity index (χ3v) is 4.73. The second-order valence-corrected chi connectivity index (χ2v) is 6.33. The molecule has 0 radical (unpaired) electrons. The molecule has 0 aliphatic carbocycles. The summed E-state index contributed by atoms with van der Waals surface area (Å²) in [7, 11) is 0. The monoisotopic (exact) mass is 382 g/mol. The summed E-state index contributed by atoms with van der Waals surface area (Å²) in [6.07, 6.45) is -3.06. The zero-order chi connectivity index (χ0) is 19.6. The van der Waals surface area contributed by atoms with Crippen LogP contribution in [0.25, 0.3) is 0 Å². The van der Waals surface area contributed by atoms with Gasteiger partial charge in [0.05, 0.1) is 5.56 Å². The Morgan fingerprint density at radius 2 is 1.70 bits per heavy atom. The number of nitrogens with two attached hydrogens (primary N) is 2. The first-order valence-corrected chi connectivity index (χ1v) is 8.47. The molecule has 1 aliphatic rings. The van der Waals surface area contributed by atoms with Crippen molar-refractivity contribution >= 4 is 11.6 Å². The van der Waals surface area contributed by atoms with Gasteiger partial charge in [-0.25, -0.2) is 9.97 Å². The molecule has 1 aliphatic heterocycles. The molecule has 10 heteroatoms. The number of halogens is 3. The first kappa shape index (κ1) is 19.2. The molecule has 1 atom stereocenters. The topological polar surface area (TPSA) is 105 Å². The van der Waals surface area contributed by atoms with Crippen LogP contribution >= 0.6 is 0 Å². The van der Waals surface area contributed by atoms with Crippen LogP contribution in [-0.2, 0) is 6.18 Å². The highest BCUT2D eigenvalue weighted by atomic mass is 19.4. The molecule has 1 aromatic carbocycles. The van der Waals surface area contributed by atoms with Crippen LogP contribution in [0, 0.1) is 0 Å². The lowest BCUT2D eigenvalue weighted by molar-refractivity contribution is -0.137. The third-order valence-electron chi connectivity index (χ3n) is 4.73. The summed E-state index contributed by atoms with van der Waals surface area (Å²) < 4.78 is 38.2. The molecule has 146 valence electrons. The van der Waals surface area contributed by atoms with Gasteiger partial charge in [0.15, 0.2) is 11.6 Å². The highest BCUT2D eigenvalue weighted by Gasteiger charge is 2.31. The van der Waals surface area contributed by atoms with Crippen LogP contribution in [-0.4, -0.2) is 52.7 Å². The van der Waals surface area contributed by atoms with Crippen molar-refractivity contribution in [1.29, 1.82) is 0 Å². The number of hydrogen-bond donors (Lipinski definition) is 3. The van der Waals surface area contributed by atoms with E-state index in [1.165, 1.54) is 18.5 Å². The van der Waals surface area contributed by atoms with Gasteiger partial charge < -0.3 is 21.5 Å². The molecule has 1 unspecified atom stereocenters. The van der Waals surface area contributed by atoms with Crippen LogP contribution in [0.2, 0.25) is 0 Å². The Labute approximate surface area is 154 Å².